The van der Waals surface area contributed by atoms with E-state index in [2.05, 4.69) is 27.4 Å². The number of fused-ring (bicyclic) bond motifs is 1. The molecule has 2 aromatic carbocycles. The maximum atomic E-state index is 13.0. The molecule has 5 rings (SSSR count). The van der Waals surface area contributed by atoms with Gasteiger partial charge in [-0.05, 0) is 56.5 Å². The molecule has 9 heteroatoms. The molecule has 1 aliphatic heterocycles. The Kier molecular flexibility index (Phi) is 6.09. The largest absolute Gasteiger partial charge is 0.324 e. The van der Waals surface area contributed by atoms with Gasteiger partial charge in [-0.25, -0.2) is 19.7 Å². The summed E-state index contributed by atoms with van der Waals surface area (Å²) in [7, 11) is 0. The Morgan fingerprint density at radius 2 is 1.92 bits per heavy atom. The van der Waals surface area contributed by atoms with Crippen molar-refractivity contribution in [3.63, 3.8) is 0 Å². The predicted molar refractivity (Wildman–Crippen MR) is 139 cm³/mol. The number of urea groups is 1. The second-order valence-corrected chi connectivity index (χ2v) is 10.2. The number of carbonyl (C=O) groups excluding carboxylic acids is 1. The number of amides is 2. The van der Waals surface area contributed by atoms with Crippen molar-refractivity contribution in [3.05, 3.63) is 60.0 Å². The van der Waals surface area contributed by atoms with Crippen molar-refractivity contribution in [2.45, 2.75) is 26.7 Å². The van der Waals surface area contributed by atoms with Gasteiger partial charge in [0.2, 0.25) is 0 Å². The van der Waals surface area contributed by atoms with Crippen molar-refractivity contribution >= 4 is 33.4 Å². The van der Waals surface area contributed by atoms with Crippen LogP contribution in [0.3, 0.4) is 0 Å². The number of nitriles is 2. The Balaban J connectivity index is 1.52. The summed E-state index contributed by atoms with van der Waals surface area (Å²) >= 11 is 1.39. The molecular weight excluding hydrogens is 470 g/mol. The van der Waals surface area contributed by atoms with Crippen molar-refractivity contribution in [2.75, 3.05) is 18.4 Å². The maximum absolute atomic E-state index is 13.0. The molecule has 4 aromatic rings. The van der Waals surface area contributed by atoms with Crippen LogP contribution in [-0.2, 0) is 0 Å². The first-order valence-corrected chi connectivity index (χ1v) is 12.4. The fourth-order valence-electron chi connectivity index (χ4n) is 4.31. The van der Waals surface area contributed by atoms with E-state index in [9.17, 15) is 15.3 Å². The van der Waals surface area contributed by atoms with Crippen LogP contribution >= 0.6 is 11.3 Å². The van der Waals surface area contributed by atoms with Gasteiger partial charge in [0.1, 0.15) is 6.33 Å². The predicted octanol–water partition coefficient (Wildman–Crippen LogP) is 5.76. The highest BCUT2D eigenvalue weighted by molar-refractivity contribution is 7.19. The maximum Gasteiger partial charge on any atom is 0.323 e. The number of benzene rings is 2. The van der Waals surface area contributed by atoms with Crippen LogP contribution in [0.25, 0.3) is 32.6 Å². The van der Waals surface area contributed by atoms with Gasteiger partial charge in [-0.1, -0.05) is 29.5 Å². The number of rotatable bonds is 3. The number of piperidine rings is 1. The smallest absolute Gasteiger partial charge is 0.323 e. The van der Waals surface area contributed by atoms with Crippen molar-refractivity contribution in [1.29, 1.82) is 10.5 Å². The molecule has 0 saturated carbocycles. The molecule has 0 unspecified atom stereocenters. The van der Waals surface area contributed by atoms with Crippen LogP contribution in [0.15, 0.2) is 48.8 Å². The number of hydrogen-bond donors (Lipinski definition) is 1. The number of nitrogens with zero attached hydrogens (tertiary/aromatic N) is 6. The molecule has 1 aliphatic rings. The molecule has 0 radical (unpaired) electrons. The number of aryl methyl sites for hydroxylation is 1. The van der Waals surface area contributed by atoms with Crippen LogP contribution in [0.4, 0.5) is 9.93 Å². The van der Waals surface area contributed by atoms with Gasteiger partial charge in [-0.3, -0.25) is 5.32 Å². The average molecular weight is 494 g/mol. The van der Waals surface area contributed by atoms with Crippen LogP contribution in [0, 0.1) is 35.0 Å². The third-order valence-corrected chi connectivity index (χ3v) is 7.65. The van der Waals surface area contributed by atoms with Crippen LogP contribution in [0.2, 0.25) is 0 Å². The quantitative estimate of drug-likeness (QED) is 0.388. The minimum atomic E-state index is -0.387. The van der Waals surface area contributed by atoms with Gasteiger partial charge in [0.25, 0.3) is 0 Å². The fourth-order valence-corrected chi connectivity index (χ4v) is 5.29. The number of nitrogens with one attached hydrogen (secondary N) is 1. The van der Waals surface area contributed by atoms with E-state index in [1.807, 2.05) is 44.2 Å². The van der Waals surface area contributed by atoms with Gasteiger partial charge in [-0.15, -0.1) is 0 Å². The Labute approximate surface area is 212 Å². The summed E-state index contributed by atoms with van der Waals surface area (Å²) in [5.41, 5.74) is 4.30. The van der Waals surface area contributed by atoms with E-state index < -0.39 is 0 Å². The molecular formula is C27H23N7OS. The molecule has 0 bridgehead atoms. The molecule has 1 saturated heterocycles. The molecule has 1 fully saturated rings. The molecule has 36 heavy (non-hydrogen) atoms. The monoisotopic (exact) mass is 493 g/mol. The normalized spacial score (nSPS) is 14.7. The molecule has 2 aromatic heterocycles. The molecule has 0 spiro atoms. The van der Waals surface area contributed by atoms with Crippen molar-refractivity contribution < 1.29 is 4.79 Å². The SMILES string of the molecule is Cc1ncnc2ccc(-c3sc(NC(=O)N4CCC(C)(C#N)CC4)nc3-c3cccc(C#N)c3)cc12. The second kappa shape index (κ2) is 9.37. The summed E-state index contributed by atoms with van der Waals surface area (Å²) < 4.78 is 0. The van der Waals surface area contributed by atoms with Gasteiger partial charge in [0, 0.05) is 29.7 Å². The van der Waals surface area contributed by atoms with Gasteiger partial charge in [-0.2, -0.15) is 10.5 Å². The standard InChI is InChI=1S/C27H23N7OS/c1-17-21-13-20(6-7-22(21)31-16-30-17)24-23(19-5-3-4-18(12-19)14-28)32-25(36-24)33-26(35)34-10-8-27(2,15-29)9-11-34/h3-7,12-13,16H,8-11H2,1-2H3,(H,32,33,35). The lowest BCUT2D eigenvalue weighted by atomic mass is 9.82. The van der Waals surface area contributed by atoms with E-state index >= 15 is 0 Å². The van der Waals surface area contributed by atoms with E-state index in [1.165, 1.54) is 11.3 Å². The number of anilines is 1. The summed E-state index contributed by atoms with van der Waals surface area (Å²) in [5, 5.41) is 23.2. The van der Waals surface area contributed by atoms with Crippen LogP contribution in [-0.4, -0.2) is 39.0 Å². The Bertz CT molecular complexity index is 1550. The highest BCUT2D eigenvalue weighted by Gasteiger charge is 2.32. The number of carbonyl (C=O) groups is 1. The van der Waals surface area contributed by atoms with Gasteiger partial charge in [0.05, 0.1) is 39.2 Å². The van der Waals surface area contributed by atoms with Crippen molar-refractivity contribution in [1.82, 2.24) is 19.9 Å². The topological polar surface area (TPSA) is 119 Å². The first kappa shape index (κ1) is 23.4. The van der Waals surface area contributed by atoms with E-state index in [0.717, 1.165) is 32.6 Å². The van der Waals surface area contributed by atoms with Crippen LogP contribution in [0.5, 0.6) is 0 Å². The highest BCUT2D eigenvalue weighted by Crippen LogP contribution is 2.40. The zero-order valence-electron chi connectivity index (χ0n) is 19.9. The number of aromatic nitrogens is 3. The summed E-state index contributed by atoms with van der Waals surface area (Å²) in [6.45, 7) is 4.93. The lowest BCUT2D eigenvalue weighted by Crippen LogP contribution is -2.43. The first-order chi connectivity index (χ1) is 17.4. The van der Waals surface area contributed by atoms with E-state index in [1.54, 1.807) is 23.4 Å². The third kappa shape index (κ3) is 4.49. The molecule has 178 valence electrons. The summed E-state index contributed by atoms with van der Waals surface area (Å²) in [5.74, 6) is 0. The van der Waals surface area contributed by atoms with Gasteiger partial charge < -0.3 is 4.90 Å². The lowest BCUT2D eigenvalue weighted by Gasteiger charge is -2.34. The number of thiazole rings is 1. The summed E-state index contributed by atoms with van der Waals surface area (Å²) in [6, 6.07) is 17.6. The van der Waals surface area contributed by atoms with E-state index in [4.69, 9.17) is 4.98 Å². The highest BCUT2D eigenvalue weighted by atomic mass is 32.1. The van der Waals surface area contributed by atoms with Gasteiger partial charge in [0.15, 0.2) is 5.13 Å². The van der Waals surface area contributed by atoms with Crippen LogP contribution in [0.1, 0.15) is 31.0 Å². The molecule has 1 N–H and O–H groups in total. The Morgan fingerprint density at radius 3 is 2.67 bits per heavy atom. The van der Waals surface area contributed by atoms with Crippen molar-refractivity contribution in [2.24, 2.45) is 5.41 Å². The zero-order valence-corrected chi connectivity index (χ0v) is 20.8. The molecule has 0 atom stereocenters. The first-order valence-electron chi connectivity index (χ1n) is 11.6. The molecule has 3 heterocycles. The minimum Gasteiger partial charge on any atom is -0.324 e. The van der Waals surface area contributed by atoms with Crippen molar-refractivity contribution in [3.8, 4) is 33.8 Å². The fraction of sp³-hybridized carbons (Fsp3) is 0.259. The lowest BCUT2D eigenvalue weighted by molar-refractivity contribution is 0.166. The zero-order chi connectivity index (χ0) is 25.3. The summed E-state index contributed by atoms with van der Waals surface area (Å²) in [6.07, 6.45) is 2.84. The third-order valence-electron chi connectivity index (χ3n) is 6.63. The average Bonchev–Trinajstić information content (AvgIpc) is 3.33. The van der Waals surface area contributed by atoms with E-state index in [0.29, 0.717) is 42.3 Å². The van der Waals surface area contributed by atoms with Gasteiger partial charge >= 0.3 is 6.03 Å². The molecule has 8 nitrogen and oxygen atoms in total. The summed E-state index contributed by atoms with van der Waals surface area (Å²) in [4.78, 5) is 29.1. The number of hydrogen-bond acceptors (Lipinski definition) is 7. The minimum absolute atomic E-state index is 0.227. The van der Waals surface area contributed by atoms with Crippen LogP contribution < -0.4 is 5.32 Å². The number of likely N-dealkylation sites (tertiary alicyclic amines) is 1. The Hall–Kier alpha value is -4.34. The molecule has 0 aliphatic carbocycles. The Morgan fingerprint density at radius 1 is 1.11 bits per heavy atom. The van der Waals surface area contributed by atoms with E-state index in [-0.39, 0.29) is 11.4 Å². The molecule has 2 amide bonds. The second-order valence-electron chi connectivity index (χ2n) is 9.17.